The van der Waals surface area contributed by atoms with Crippen molar-refractivity contribution in [1.82, 2.24) is 9.88 Å². The summed E-state index contributed by atoms with van der Waals surface area (Å²) < 4.78 is 0. The van der Waals surface area contributed by atoms with Crippen molar-refractivity contribution in [2.75, 3.05) is 23.7 Å². The Morgan fingerprint density at radius 2 is 2.03 bits per heavy atom. The van der Waals surface area contributed by atoms with Gasteiger partial charge in [0.2, 0.25) is 11.8 Å². The summed E-state index contributed by atoms with van der Waals surface area (Å²) in [5.41, 5.74) is 1.16. The van der Waals surface area contributed by atoms with Crippen molar-refractivity contribution in [1.29, 1.82) is 0 Å². The van der Waals surface area contributed by atoms with Crippen LogP contribution in [0.25, 0.3) is 0 Å². The molecule has 0 bridgehead atoms. The number of benzene rings is 1. The van der Waals surface area contributed by atoms with E-state index in [9.17, 15) is 14.4 Å². The van der Waals surface area contributed by atoms with E-state index in [0.717, 1.165) is 19.3 Å². The van der Waals surface area contributed by atoms with Crippen LogP contribution >= 0.6 is 11.3 Å². The second kappa shape index (κ2) is 8.32. The van der Waals surface area contributed by atoms with Gasteiger partial charge in [0, 0.05) is 41.8 Å². The molecule has 8 heteroatoms. The third-order valence-corrected chi connectivity index (χ3v) is 6.25. The number of nitrogens with one attached hydrogen (secondary N) is 2. The Bertz CT molecular complexity index is 914. The summed E-state index contributed by atoms with van der Waals surface area (Å²) in [4.78, 5) is 43.5. The Morgan fingerprint density at radius 3 is 2.76 bits per heavy atom. The van der Waals surface area contributed by atoms with Gasteiger partial charge in [-0.3, -0.25) is 14.4 Å². The molecule has 3 unspecified atom stereocenters. The molecule has 3 atom stereocenters. The van der Waals surface area contributed by atoms with Gasteiger partial charge in [0.05, 0.1) is 5.92 Å². The summed E-state index contributed by atoms with van der Waals surface area (Å²) in [6.07, 6.45) is 4.09. The fourth-order valence-electron chi connectivity index (χ4n) is 3.70. The number of hydrogen-bond acceptors (Lipinski definition) is 5. The minimum atomic E-state index is -0.254. The zero-order chi connectivity index (χ0) is 20.4. The van der Waals surface area contributed by atoms with Crippen LogP contribution in [-0.4, -0.2) is 40.7 Å². The van der Waals surface area contributed by atoms with Crippen LogP contribution in [0.1, 0.15) is 36.5 Å². The number of likely N-dealkylation sites (tertiary alicyclic amines) is 1. The lowest BCUT2D eigenvalue weighted by Gasteiger charge is -2.32. The van der Waals surface area contributed by atoms with Crippen molar-refractivity contribution in [3.63, 3.8) is 0 Å². The summed E-state index contributed by atoms with van der Waals surface area (Å²) in [6.45, 7) is 3.06. The molecular formula is C21H24N4O3S. The number of rotatable bonds is 5. The predicted octanol–water partition coefficient (Wildman–Crippen LogP) is 3.23. The zero-order valence-electron chi connectivity index (χ0n) is 16.3. The van der Waals surface area contributed by atoms with Gasteiger partial charge >= 0.3 is 0 Å². The molecule has 1 aliphatic carbocycles. The number of piperidine rings is 1. The third kappa shape index (κ3) is 4.64. The maximum Gasteiger partial charge on any atom is 0.253 e. The van der Waals surface area contributed by atoms with E-state index in [1.807, 2.05) is 5.38 Å². The molecule has 1 saturated carbocycles. The first kappa shape index (κ1) is 19.6. The lowest BCUT2D eigenvalue weighted by Crippen LogP contribution is -2.43. The van der Waals surface area contributed by atoms with Crippen molar-refractivity contribution in [3.05, 3.63) is 41.4 Å². The van der Waals surface area contributed by atoms with E-state index < -0.39 is 0 Å². The lowest BCUT2D eigenvalue weighted by molar-refractivity contribution is -0.121. The Labute approximate surface area is 173 Å². The smallest absolute Gasteiger partial charge is 0.253 e. The monoisotopic (exact) mass is 412 g/mol. The van der Waals surface area contributed by atoms with E-state index in [1.54, 1.807) is 35.4 Å². The summed E-state index contributed by atoms with van der Waals surface area (Å²) in [6, 6.07) is 7.03. The SMILES string of the molecule is CC1CC1C(=O)Nc1cccc(C(=O)N2CCCC(C(=O)Nc3nccs3)C2)c1. The molecule has 3 amide bonds. The molecule has 0 radical (unpaired) electrons. The molecular weight excluding hydrogens is 388 g/mol. The molecule has 4 rings (SSSR count). The standard InChI is InChI=1S/C21H24N4O3S/c1-13-10-17(13)19(27)23-16-6-2-4-14(11-16)20(28)25-8-3-5-15(12-25)18(26)24-21-22-7-9-29-21/h2,4,6-7,9,11,13,15,17H,3,5,8,10,12H2,1H3,(H,23,27)(H,22,24,26). The van der Waals surface area contributed by atoms with Crippen LogP contribution in [0.5, 0.6) is 0 Å². The maximum absolute atomic E-state index is 13.0. The normalized spacial score (nSPS) is 23.3. The third-order valence-electron chi connectivity index (χ3n) is 5.57. The van der Waals surface area contributed by atoms with Crippen LogP contribution in [0.2, 0.25) is 0 Å². The minimum Gasteiger partial charge on any atom is -0.338 e. The molecule has 2 fully saturated rings. The predicted molar refractivity (Wildman–Crippen MR) is 112 cm³/mol. The molecule has 2 aromatic rings. The van der Waals surface area contributed by atoms with Gasteiger partial charge in [0.15, 0.2) is 5.13 Å². The quantitative estimate of drug-likeness (QED) is 0.789. The van der Waals surface area contributed by atoms with E-state index in [4.69, 9.17) is 0 Å². The van der Waals surface area contributed by atoms with Crippen LogP contribution in [-0.2, 0) is 9.59 Å². The van der Waals surface area contributed by atoms with Gasteiger partial charge in [0.1, 0.15) is 0 Å². The zero-order valence-corrected chi connectivity index (χ0v) is 17.1. The van der Waals surface area contributed by atoms with Crippen LogP contribution in [0.3, 0.4) is 0 Å². The van der Waals surface area contributed by atoms with Gasteiger partial charge in [-0.15, -0.1) is 11.3 Å². The number of aromatic nitrogens is 1. The number of thiazole rings is 1. The Balaban J connectivity index is 1.39. The van der Waals surface area contributed by atoms with Crippen LogP contribution in [0.15, 0.2) is 35.8 Å². The molecule has 29 heavy (non-hydrogen) atoms. The molecule has 1 saturated heterocycles. The van der Waals surface area contributed by atoms with E-state index in [0.29, 0.717) is 35.4 Å². The Kier molecular flexibility index (Phi) is 5.62. The van der Waals surface area contributed by atoms with Crippen molar-refractivity contribution < 1.29 is 14.4 Å². The highest BCUT2D eigenvalue weighted by atomic mass is 32.1. The largest absolute Gasteiger partial charge is 0.338 e. The van der Waals surface area contributed by atoms with Gasteiger partial charge in [-0.1, -0.05) is 13.0 Å². The van der Waals surface area contributed by atoms with Gasteiger partial charge in [-0.05, 0) is 43.4 Å². The minimum absolute atomic E-state index is 0.0130. The summed E-state index contributed by atoms with van der Waals surface area (Å²) in [5, 5.41) is 8.11. The number of amides is 3. The van der Waals surface area contributed by atoms with E-state index in [2.05, 4.69) is 22.5 Å². The number of anilines is 2. The van der Waals surface area contributed by atoms with E-state index in [-0.39, 0.29) is 29.6 Å². The summed E-state index contributed by atoms with van der Waals surface area (Å²) >= 11 is 1.37. The number of hydrogen-bond donors (Lipinski definition) is 2. The fourth-order valence-corrected chi connectivity index (χ4v) is 4.24. The second-order valence-corrected chi connectivity index (χ2v) is 8.70. The lowest BCUT2D eigenvalue weighted by atomic mass is 9.96. The van der Waals surface area contributed by atoms with Crippen molar-refractivity contribution in [2.24, 2.45) is 17.8 Å². The van der Waals surface area contributed by atoms with Crippen molar-refractivity contribution in [2.45, 2.75) is 26.2 Å². The maximum atomic E-state index is 13.0. The Morgan fingerprint density at radius 1 is 1.21 bits per heavy atom. The molecule has 0 spiro atoms. The number of carbonyl (C=O) groups is 3. The average Bonchev–Trinajstić information content (AvgIpc) is 3.25. The molecule has 152 valence electrons. The average molecular weight is 413 g/mol. The van der Waals surface area contributed by atoms with Crippen molar-refractivity contribution >= 4 is 39.9 Å². The van der Waals surface area contributed by atoms with Gasteiger partial charge in [-0.25, -0.2) is 4.98 Å². The first-order chi connectivity index (χ1) is 14.0. The molecule has 2 N–H and O–H groups in total. The van der Waals surface area contributed by atoms with Crippen molar-refractivity contribution in [3.8, 4) is 0 Å². The molecule has 7 nitrogen and oxygen atoms in total. The van der Waals surface area contributed by atoms with Crippen LogP contribution < -0.4 is 10.6 Å². The highest BCUT2D eigenvalue weighted by Crippen LogP contribution is 2.38. The van der Waals surface area contributed by atoms with Gasteiger partial charge in [-0.2, -0.15) is 0 Å². The Hall–Kier alpha value is -2.74. The molecule has 2 heterocycles. The van der Waals surface area contributed by atoms with Crippen LogP contribution in [0.4, 0.5) is 10.8 Å². The van der Waals surface area contributed by atoms with E-state index in [1.165, 1.54) is 11.3 Å². The van der Waals surface area contributed by atoms with Gasteiger partial charge < -0.3 is 15.5 Å². The molecule has 1 aliphatic heterocycles. The first-order valence-corrected chi connectivity index (χ1v) is 10.8. The number of carbonyl (C=O) groups excluding carboxylic acids is 3. The number of nitrogens with zero attached hydrogens (tertiary/aromatic N) is 2. The topological polar surface area (TPSA) is 91.4 Å². The molecule has 1 aromatic heterocycles. The van der Waals surface area contributed by atoms with Crippen LogP contribution in [0, 0.1) is 17.8 Å². The molecule has 2 aliphatic rings. The first-order valence-electron chi connectivity index (χ1n) is 9.92. The second-order valence-electron chi connectivity index (χ2n) is 7.81. The summed E-state index contributed by atoms with van der Waals surface area (Å²) in [7, 11) is 0. The molecule has 1 aromatic carbocycles. The van der Waals surface area contributed by atoms with E-state index >= 15 is 0 Å². The van der Waals surface area contributed by atoms with Gasteiger partial charge in [0.25, 0.3) is 5.91 Å². The highest BCUT2D eigenvalue weighted by molar-refractivity contribution is 7.13. The highest BCUT2D eigenvalue weighted by Gasteiger charge is 2.39. The summed E-state index contributed by atoms with van der Waals surface area (Å²) in [5.74, 6) is 0.0497. The fraction of sp³-hybridized carbons (Fsp3) is 0.429.